The lowest BCUT2D eigenvalue weighted by Crippen LogP contribution is -2.46. The van der Waals surface area contributed by atoms with Crippen molar-refractivity contribution in [2.24, 2.45) is 0 Å². The van der Waals surface area contributed by atoms with Crippen LogP contribution in [0.2, 0.25) is 0 Å². The number of halogens is 3. The molecule has 1 atom stereocenters. The summed E-state index contributed by atoms with van der Waals surface area (Å²) in [7, 11) is -4.46. The minimum Gasteiger partial charge on any atom is -0.480 e. The van der Waals surface area contributed by atoms with E-state index in [-0.39, 0.29) is 17.9 Å². The standard InChI is InChI=1S/C12H15F3N2O5S2/c1-7(11(19)20)17(6-5-16-8(2)18)24(21,22)10-4-3-9(23-10)12(13,14)15/h3-4,7H,5-6H2,1-2H3,(H,16,18)(H,19,20). The number of sulfonamides is 1. The molecule has 0 aromatic carbocycles. The second kappa shape index (κ2) is 7.49. The van der Waals surface area contributed by atoms with E-state index in [1.807, 2.05) is 0 Å². The first kappa shape index (κ1) is 20.4. The number of thiophene rings is 1. The number of hydrogen-bond donors (Lipinski definition) is 2. The van der Waals surface area contributed by atoms with E-state index in [0.29, 0.717) is 10.4 Å². The summed E-state index contributed by atoms with van der Waals surface area (Å²) in [6.45, 7) is 1.71. The molecule has 0 spiro atoms. The van der Waals surface area contributed by atoms with Crippen LogP contribution in [0.3, 0.4) is 0 Å². The summed E-state index contributed by atoms with van der Waals surface area (Å²) in [5, 5.41) is 11.3. The molecule has 1 aromatic heterocycles. The predicted molar refractivity (Wildman–Crippen MR) is 79.0 cm³/mol. The Morgan fingerprint density at radius 2 is 1.96 bits per heavy atom. The second-order valence-corrected chi connectivity index (χ2v) is 7.93. The largest absolute Gasteiger partial charge is 0.480 e. The average molecular weight is 388 g/mol. The van der Waals surface area contributed by atoms with Crippen molar-refractivity contribution in [1.29, 1.82) is 0 Å². The number of nitrogens with one attached hydrogen (secondary N) is 1. The maximum Gasteiger partial charge on any atom is 0.425 e. The molecule has 2 N–H and O–H groups in total. The van der Waals surface area contributed by atoms with E-state index >= 15 is 0 Å². The molecule has 0 fully saturated rings. The van der Waals surface area contributed by atoms with E-state index in [1.165, 1.54) is 6.92 Å². The molecular weight excluding hydrogens is 373 g/mol. The highest BCUT2D eigenvalue weighted by molar-refractivity contribution is 7.91. The lowest BCUT2D eigenvalue weighted by Gasteiger charge is -2.25. The van der Waals surface area contributed by atoms with Gasteiger partial charge in [0.1, 0.15) is 15.1 Å². The zero-order valence-electron chi connectivity index (χ0n) is 12.6. The Bertz CT molecular complexity index is 715. The van der Waals surface area contributed by atoms with Gasteiger partial charge in [0.05, 0.1) is 0 Å². The van der Waals surface area contributed by atoms with Gasteiger partial charge in [-0.3, -0.25) is 9.59 Å². The Hall–Kier alpha value is -1.66. The van der Waals surface area contributed by atoms with E-state index in [0.717, 1.165) is 13.0 Å². The molecule has 0 aliphatic rings. The van der Waals surface area contributed by atoms with Crippen molar-refractivity contribution in [3.8, 4) is 0 Å². The SMILES string of the molecule is CC(=O)NCCN(C(C)C(=O)O)S(=O)(=O)c1ccc(C(F)(F)F)s1. The molecule has 1 unspecified atom stereocenters. The maximum absolute atomic E-state index is 12.6. The number of alkyl halides is 3. The number of carboxylic acid groups (broad SMARTS) is 1. The molecule has 12 heteroatoms. The van der Waals surface area contributed by atoms with Crippen LogP contribution in [0.4, 0.5) is 13.2 Å². The van der Waals surface area contributed by atoms with Crippen LogP contribution in [0.25, 0.3) is 0 Å². The van der Waals surface area contributed by atoms with Crippen molar-refractivity contribution >= 4 is 33.2 Å². The number of carbonyl (C=O) groups excluding carboxylic acids is 1. The summed E-state index contributed by atoms with van der Waals surface area (Å²) < 4.78 is 62.8. The third kappa shape index (κ3) is 4.92. The first-order valence-corrected chi connectivity index (χ1v) is 8.79. The molecule has 0 saturated carbocycles. The number of aliphatic carboxylic acids is 1. The number of rotatable bonds is 7. The molecular formula is C12H15F3N2O5S2. The fourth-order valence-corrected chi connectivity index (χ4v) is 4.61. The van der Waals surface area contributed by atoms with Gasteiger partial charge in [-0.1, -0.05) is 0 Å². The highest BCUT2D eigenvalue weighted by atomic mass is 32.2. The summed E-state index contributed by atoms with van der Waals surface area (Å²) in [5.74, 6) is -1.92. The molecule has 7 nitrogen and oxygen atoms in total. The first-order valence-electron chi connectivity index (χ1n) is 6.53. The summed E-state index contributed by atoms with van der Waals surface area (Å²) >= 11 is 0.00907. The molecule has 1 amide bonds. The van der Waals surface area contributed by atoms with E-state index < -0.39 is 49.7 Å². The summed E-state index contributed by atoms with van der Waals surface area (Å²) in [5.41, 5.74) is 0. The van der Waals surface area contributed by atoms with Crippen LogP contribution in [-0.4, -0.2) is 48.8 Å². The number of carbonyl (C=O) groups is 2. The van der Waals surface area contributed by atoms with Crippen molar-refractivity contribution in [3.63, 3.8) is 0 Å². The van der Waals surface area contributed by atoms with Gasteiger partial charge >= 0.3 is 12.1 Å². The van der Waals surface area contributed by atoms with Gasteiger partial charge in [0.15, 0.2) is 0 Å². The monoisotopic (exact) mass is 388 g/mol. The van der Waals surface area contributed by atoms with Crippen LogP contribution in [0, 0.1) is 0 Å². The van der Waals surface area contributed by atoms with Gasteiger partial charge in [-0.25, -0.2) is 8.42 Å². The molecule has 1 heterocycles. The summed E-state index contributed by atoms with van der Waals surface area (Å²) in [6.07, 6.45) is -4.70. The zero-order chi connectivity index (χ0) is 18.7. The lowest BCUT2D eigenvalue weighted by atomic mass is 10.3. The number of amides is 1. The van der Waals surface area contributed by atoms with Gasteiger partial charge in [-0.2, -0.15) is 17.5 Å². The van der Waals surface area contributed by atoms with Gasteiger partial charge in [0, 0.05) is 20.0 Å². The molecule has 1 aromatic rings. The average Bonchev–Trinajstić information content (AvgIpc) is 2.92. The van der Waals surface area contributed by atoms with Crippen molar-refractivity contribution in [2.75, 3.05) is 13.1 Å². The van der Waals surface area contributed by atoms with Crippen molar-refractivity contribution < 1.29 is 36.3 Å². The van der Waals surface area contributed by atoms with Crippen LogP contribution in [0.1, 0.15) is 18.7 Å². The van der Waals surface area contributed by atoms with Gasteiger partial charge in [0.2, 0.25) is 5.91 Å². The van der Waals surface area contributed by atoms with E-state index in [2.05, 4.69) is 5.32 Å². The van der Waals surface area contributed by atoms with Crippen LogP contribution in [0.15, 0.2) is 16.3 Å². The highest BCUT2D eigenvalue weighted by Crippen LogP contribution is 2.37. The van der Waals surface area contributed by atoms with Crippen molar-refractivity contribution in [1.82, 2.24) is 9.62 Å². The Labute approximate surface area is 140 Å². The molecule has 0 aliphatic carbocycles. The quantitative estimate of drug-likeness (QED) is 0.734. The Balaban J connectivity index is 3.16. The van der Waals surface area contributed by atoms with Gasteiger partial charge in [-0.05, 0) is 19.1 Å². The molecule has 24 heavy (non-hydrogen) atoms. The Kier molecular flexibility index (Phi) is 6.36. The fraction of sp³-hybridized carbons (Fsp3) is 0.500. The molecule has 0 saturated heterocycles. The number of hydrogen-bond acceptors (Lipinski definition) is 5. The molecule has 136 valence electrons. The minimum absolute atomic E-state index is 0.00907. The summed E-state index contributed by atoms with van der Waals surface area (Å²) in [6, 6.07) is -0.113. The normalized spacial score (nSPS) is 13.8. The Morgan fingerprint density at radius 3 is 2.38 bits per heavy atom. The third-order valence-electron chi connectivity index (χ3n) is 2.92. The summed E-state index contributed by atoms with van der Waals surface area (Å²) in [4.78, 5) is 20.8. The zero-order valence-corrected chi connectivity index (χ0v) is 14.3. The number of carboxylic acids is 1. The predicted octanol–water partition coefficient (Wildman–Crippen LogP) is 1.37. The van der Waals surface area contributed by atoms with Crippen molar-refractivity contribution in [3.05, 3.63) is 17.0 Å². The van der Waals surface area contributed by atoms with E-state index in [9.17, 15) is 31.2 Å². The molecule has 0 aliphatic heterocycles. The van der Waals surface area contributed by atoms with E-state index in [4.69, 9.17) is 5.11 Å². The van der Waals surface area contributed by atoms with Gasteiger partial charge in [0.25, 0.3) is 10.0 Å². The molecule has 0 radical (unpaired) electrons. The molecule has 1 rings (SSSR count). The minimum atomic E-state index is -4.70. The maximum atomic E-state index is 12.6. The van der Waals surface area contributed by atoms with Crippen LogP contribution < -0.4 is 5.32 Å². The smallest absolute Gasteiger partial charge is 0.425 e. The third-order valence-corrected chi connectivity index (χ3v) is 6.49. The highest BCUT2D eigenvalue weighted by Gasteiger charge is 2.37. The fourth-order valence-electron chi connectivity index (χ4n) is 1.71. The topological polar surface area (TPSA) is 104 Å². The van der Waals surface area contributed by atoms with Crippen LogP contribution in [-0.2, 0) is 25.8 Å². The second-order valence-electron chi connectivity index (χ2n) is 4.73. The first-order chi connectivity index (χ1) is 10.9. The van der Waals surface area contributed by atoms with E-state index in [1.54, 1.807) is 0 Å². The lowest BCUT2D eigenvalue weighted by molar-refractivity contribution is -0.141. The Morgan fingerprint density at radius 1 is 1.38 bits per heavy atom. The van der Waals surface area contributed by atoms with Gasteiger partial charge < -0.3 is 10.4 Å². The van der Waals surface area contributed by atoms with Crippen molar-refractivity contribution in [2.45, 2.75) is 30.3 Å². The van der Waals surface area contributed by atoms with Gasteiger partial charge in [-0.15, -0.1) is 11.3 Å². The van der Waals surface area contributed by atoms with Crippen LogP contribution >= 0.6 is 11.3 Å². The molecule has 0 bridgehead atoms. The van der Waals surface area contributed by atoms with Crippen LogP contribution in [0.5, 0.6) is 0 Å². The number of nitrogens with zero attached hydrogens (tertiary/aromatic N) is 1.